The second-order valence-electron chi connectivity index (χ2n) is 7.36. The van der Waals surface area contributed by atoms with Gasteiger partial charge in [0.15, 0.2) is 17.2 Å². The van der Waals surface area contributed by atoms with Crippen molar-refractivity contribution in [3.05, 3.63) is 59.2 Å². The van der Waals surface area contributed by atoms with Crippen LogP contribution in [0.5, 0.6) is 11.5 Å². The number of nitrogens with zero attached hydrogens (tertiary/aromatic N) is 1. The smallest absolute Gasteiger partial charge is 0.360 e. The van der Waals surface area contributed by atoms with E-state index in [1.807, 2.05) is 36.4 Å². The number of hydrogen-bond acceptors (Lipinski definition) is 7. The SMILES string of the molecule is CC(=O)O.CO/N=C(/C(=O)OC)c1ccccc1COc1cccc2c1OC(C)(C)C2. The van der Waals surface area contributed by atoms with Gasteiger partial charge in [0.25, 0.3) is 5.97 Å². The Morgan fingerprint density at radius 1 is 1.13 bits per heavy atom. The maximum absolute atomic E-state index is 12.1. The lowest BCUT2D eigenvalue weighted by atomic mass is 10.0. The van der Waals surface area contributed by atoms with Gasteiger partial charge in [-0.05, 0) is 25.5 Å². The van der Waals surface area contributed by atoms with Crippen LogP contribution in [0, 0.1) is 0 Å². The molecule has 8 nitrogen and oxygen atoms in total. The molecule has 0 aromatic heterocycles. The fourth-order valence-electron chi connectivity index (χ4n) is 3.12. The minimum atomic E-state index is -0.833. The molecule has 166 valence electrons. The van der Waals surface area contributed by atoms with E-state index in [9.17, 15) is 4.79 Å². The van der Waals surface area contributed by atoms with Crippen LogP contribution in [0.2, 0.25) is 0 Å². The molecule has 1 heterocycles. The van der Waals surface area contributed by atoms with E-state index in [2.05, 4.69) is 19.0 Å². The molecule has 3 rings (SSSR count). The summed E-state index contributed by atoms with van der Waals surface area (Å²) in [6.07, 6.45) is 0.836. The number of oxime groups is 1. The van der Waals surface area contributed by atoms with Gasteiger partial charge in [-0.3, -0.25) is 4.79 Å². The summed E-state index contributed by atoms with van der Waals surface area (Å²) in [6, 6.07) is 13.2. The molecule has 0 saturated heterocycles. The number of rotatable bonds is 6. The number of esters is 1. The lowest BCUT2D eigenvalue weighted by molar-refractivity contribution is -0.134. The lowest BCUT2D eigenvalue weighted by Crippen LogP contribution is -2.24. The topological polar surface area (TPSA) is 104 Å². The molecule has 0 amide bonds. The monoisotopic (exact) mass is 429 g/mol. The normalized spacial score (nSPS) is 13.8. The van der Waals surface area contributed by atoms with Crippen LogP contribution >= 0.6 is 0 Å². The number of ether oxygens (including phenoxy) is 3. The largest absolute Gasteiger partial charge is 0.485 e. The van der Waals surface area contributed by atoms with Crippen LogP contribution in [0.1, 0.15) is 37.5 Å². The average Bonchev–Trinajstić information content (AvgIpc) is 3.04. The molecule has 0 atom stereocenters. The summed E-state index contributed by atoms with van der Waals surface area (Å²) in [4.78, 5) is 25.9. The molecule has 8 heteroatoms. The molecule has 0 unspecified atom stereocenters. The Labute approximate surface area is 181 Å². The number of hydrogen-bond donors (Lipinski definition) is 1. The second kappa shape index (κ2) is 10.5. The third kappa shape index (κ3) is 6.47. The zero-order valence-electron chi connectivity index (χ0n) is 18.3. The van der Waals surface area contributed by atoms with Crippen molar-refractivity contribution in [3.63, 3.8) is 0 Å². The number of carbonyl (C=O) groups excluding carboxylic acids is 1. The van der Waals surface area contributed by atoms with E-state index in [-0.39, 0.29) is 17.9 Å². The van der Waals surface area contributed by atoms with Gasteiger partial charge in [-0.25, -0.2) is 4.79 Å². The average molecular weight is 429 g/mol. The highest BCUT2D eigenvalue weighted by atomic mass is 16.6. The van der Waals surface area contributed by atoms with Crippen LogP contribution < -0.4 is 9.47 Å². The maximum Gasteiger partial charge on any atom is 0.360 e. The predicted molar refractivity (Wildman–Crippen MR) is 114 cm³/mol. The van der Waals surface area contributed by atoms with Crippen LogP contribution in [0.25, 0.3) is 0 Å². The molecule has 2 aromatic rings. The first-order valence-corrected chi connectivity index (χ1v) is 9.59. The summed E-state index contributed by atoms with van der Waals surface area (Å²) >= 11 is 0. The minimum absolute atomic E-state index is 0.0925. The number of carboxylic acids is 1. The van der Waals surface area contributed by atoms with E-state index in [0.717, 1.165) is 30.2 Å². The van der Waals surface area contributed by atoms with Crippen LogP contribution in [0.3, 0.4) is 0 Å². The van der Waals surface area contributed by atoms with Crippen molar-refractivity contribution in [1.29, 1.82) is 0 Å². The lowest BCUT2D eigenvalue weighted by Gasteiger charge is -2.18. The van der Waals surface area contributed by atoms with Crippen LogP contribution in [-0.4, -0.2) is 42.6 Å². The molecule has 0 spiro atoms. The van der Waals surface area contributed by atoms with Gasteiger partial charge < -0.3 is 24.2 Å². The zero-order valence-corrected chi connectivity index (χ0v) is 18.3. The Hall–Kier alpha value is -3.55. The quantitative estimate of drug-likeness (QED) is 0.425. The summed E-state index contributed by atoms with van der Waals surface area (Å²) in [7, 11) is 2.69. The molecule has 0 fully saturated rings. The Bertz CT molecular complexity index is 962. The molecule has 2 aromatic carbocycles. The summed E-state index contributed by atoms with van der Waals surface area (Å²) in [5, 5.41) is 11.2. The molecule has 0 aliphatic carbocycles. The first-order chi connectivity index (χ1) is 14.7. The molecular formula is C23H27NO7. The van der Waals surface area contributed by atoms with E-state index < -0.39 is 11.9 Å². The zero-order chi connectivity index (χ0) is 23.0. The summed E-state index contributed by atoms with van der Waals surface area (Å²) in [5.41, 5.74) is 2.36. The first kappa shape index (κ1) is 23.7. The Balaban J connectivity index is 0.000000785. The summed E-state index contributed by atoms with van der Waals surface area (Å²) in [5.74, 6) is 0.0462. The Kier molecular flexibility index (Phi) is 8.01. The maximum atomic E-state index is 12.1. The third-order valence-corrected chi connectivity index (χ3v) is 4.27. The highest BCUT2D eigenvalue weighted by Gasteiger charge is 2.32. The van der Waals surface area contributed by atoms with Crippen molar-refractivity contribution in [1.82, 2.24) is 0 Å². The van der Waals surface area contributed by atoms with Crippen LogP contribution in [-0.2, 0) is 32.2 Å². The molecule has 1 aliphatic heterocycles. The third-order valence-electron chi connectivity index (χ3n) is 4.27. The molecule has 31 heavy (non-hydrogen) atoms. The number of carboxylic acid groups (broad SMARTS) is 1. The van der Waals surface area contributed by atoms with E-state index in [1.54, 1.807) is 6.07 Å². The van der Waals surface area contributed by atoms with Crippen molar-refractivity contribution in [2.45, 2.75) is 39.4 Å². The van der Waals surface area contributed by atoms with Gasteiger partial charge in [0.05, 0.1) is 7.11 Å². The fraction of sp³-hybridized carbons (Fsp3) is 0.348. The van der Waals surface area contributed by atoms with Crippen molar-refractivity contribution in [2.24, 2.45) is 5.16 Å². The van der Waals surface area contributed by atoms with Crippen molar-refractivity contribution in [2.75, 3.05) is 14.2 Å². The molecule has 0 saturated carbocycles. The van der Waals surface area contributed by atoms with Gasteiger partial charge in [0, 0.05) is 24.5 Å². The molecular weight excluding hydrogens is 402 g/mol. The number of para-hydroxylation sites is 1. The number of aliphatic carboxylic acids is 1. The number of methoxy groups -OCH3 is 1. The molecule has 0 radical (unpaired) electrons. The van der Waals surface area contributed by atoms with E-state index in [4.69, 9.17) is 28.9 Å². The number of fused-ring (bicyclic) bond motifs is 1. The van der Waals surface area contributed by atoms with Gasteiger partial charge >= 0.3 is 5.97 Å². The molecule has 1 aliphatic rings. The summed E-state index contributed by atoms with van der Waals surface area (Å²) in [6.45, 7) is 5.43. The van der Waals surface area contributed by atoms with E-state index in [1.165, 1.54) is 14.2 Å². The Morgan fingerprint density at radius 3 is 2.45 bits per heavy atom. The first-order valence-electron chi connectivity index (χ1n) is 9.59. The van der Waals surface area contributed by atoms with Gasteiger partial charge in [-0.1, -0.05) is 41.6 Å². The van der Waals surface area contributed by atoms with Crippen LogP contribution in [0.4, 0.5) is 0 Å². The number of carbonyl (C=O) groups is 2. The number of benzene rings is 2. The van der Waals surface area contributed by atoms with E-state index in [0.29, 0.717) is 11.3 Å². The standard InChI is InChI=1S/C21H23NO5.C2H4O2/c1-21(2)12-14-9-7-11-17(19(14)27-21)26-13-15-8-5-6-10-16(15)18(22-25-4)20(23)24-3;1-2(3)4/h5-11H,12-13H2,1-4H3;1H3,(H,3,4)/b22-18+;. The molecule has 1 N–H and O–H groups in total. The minimum Gasteiger partial charge on any atom is -0.485 e. The van der Waals surface area contributed by atoms with Crippen molar-refractivity contribution < 1.29 is 33.7 Å². The fourth-order valence-corrected chi connectivity index (χ4v) is 3.12. The molecule has 0 bridgehead atoms. The summed E-state index contributed by atoms with van der Waals surface area (Å²) < 4.78 is 16.9. The van der Waals surface area contributed by atoms with Gasteiger partial charge in [0.1, 0.15) is 19.3 Å². The van der Waals surface area contributed by atoms with E-state index >= 15 is 0 Å². The Morgan fingerprint density at radius 2 is 1.81 bits per heavy atom. The van der Waals surface area contributed by atoms with Crippen molar-refractivity contribution in [3.8, 4) is 11.5 Å². The van der Waals surface area contributed by atoms with Gasteiger partial charge in [-0.2, -0.15) is 0 Å². The predicted octanol–water partition coefficient (Wildman–Crippen LogP) is 3.59. The van der Waals surface area contributed by atoms with Gasteiger partial charge in [0.2, 0.25) is 0 Å². The highest BCUT2D eigenvalue weighted by Crippen LogP contribution is 2.42. The van der Waals surface area contributed by atoms with Crippen LogP contribution in [0.15, 0.2) is 47.6 Å². The second-order valence-corrected chi connectivity index (χ2v) is 7.36. The van der Waals surface area contributed by atoms with Crippen molar-refractivity contribution >= 4 is 17.7 Å². The van der Waals surface area contributed by atoms with Gasteiger partial charge in [-0.15, -0.1) is 0 Å². The highest BCUT2D eigenvalue weighted by molar-refractivity contribution is 6.43.